The fraction of sp³-hybridized carbons (Fsp3) is 0. The molecule has 0 unspecified atom stereocenters. The SMILES string of the molecule is N#Cc1ccc(NS(=O)(=O)c2ncccc2F)c(N)c1. The molecule has 0 radical (unpaired) electrons. The summed E-state index contributed by atoms with van der Waals surface area (Å²) in [6.07, 6.45) is 1.17. The standard InChI is InChI=1S/C12H9FN4O2S/c13-9-2-1-5-16-12(9)20(18,19)17-11-4-3-8(7-14)6-10(11)15/h1-6,17H,15H2. The third kappa shape index (κ3) is 2.67. The van der Waals surface area contributed by atoms with E-state index < -0.39 is 20.9 Å². The Bertz CT molecular complexity index is 799. The fourth-order valence-electron chi connectivity index (χ4n) is 1.49. The predicted octanol–water partition coefficient (Wildman–Crippen LogP) is 1.48. The average Bonchev–Trinajstić information content (AvgIpc) is 2.41. The highest BCUT2D eigenvalue weighted by molar-refractivity contribution is 7.92. The van der Waals surface area contributed by atoms with E-state index in [1.807, 2.05) is 6.07 Å². The zero-order valence-electron chi connectivity index (χ0n) is 10.0. The number of nitrogens with two attached hydrogens (primary N) is 1. The van der Waals surface area contributed by atoms with Gasteiger partial charge in [-0.3, -0.25) is 4.72 Å². The van der Waals surface area contributed by atoms with Gasteiger partial charge in [-0.15, -0.1) is 0 Å². The molecule has 0 aliphatic heterocycles. The van der Waals surface area contributed by atoms with Crippen LogP contribution in [0.15, 0.2) is 41.6 Å². The molecule has 1 aromatic carbocycles. The van der Waals surface area contributed by atoms with Crippen molar-refractivity contribution in [3.8, 4) is 6.07 Å². The Hall–Kier alpha value is -2.66. The Kier molecular flexibility index (Phi) is 3.54. The molecule has 6 nitrogen and oxygen atoms in total. The molecule has 0 saturated carbocycles. The molecular weight excluding hydrogens is 283 g/mol. The van der Waals surface area contributed by atoms with Gasteiger partial charge in [0.25, 0.3) is 10.0 Å². The second-order valence-corrected chi connectivity index (χ2v) is 5.41. The number of hydrogen-bond acceptors (Lipinski definition) is 5. The van der Waals surface area contributed by atoms with Gasteiger partial charge in [0.05, 0.1) is 23.0 Å². The maximum absolute atomic E-state index is 13.5. The van der Waals surface area contributed by atoms with Gasteiger partial charge in [0, 0.05) is 6.20 Å². The number of hydrogen-bond donors (Lipinski definition) is 2. The first-order valence-corrected chi connectivity index (χ1v) is 6.85. The van der Waals surface area contributed by atoms with Gasteiger partial charge in [-0.2, -0.15) is 13.7 Å². The van der Waals surface area contributed by atoms with Crippen molar-refractivity contribution in [2.75, 3.05) is 10.5 Å². The first-order chi connectivity index (χ1) is 9.44. The number of halogens is 1. The monoisotopic (exact) mass is 292 g/mol. The molecule has 8 heteroatoms. The molecule has 3 N–H and O–H groups in total. The lowest BCUT2D eigenvalue weighted by Gasteiger charge is -2.10. The smallest absolute Gasteiger partial charge is 0.282 e. The highest BCUT2D eigenvalue weighted by atomic mass is 32.2. The highest BCUT2D eigenvalue weighted by Gasteiger charge is 2.21. The minimum Gasteiger partial charge on any atom is -0.397 e. The molecule has 1 aromatic heterocycles. The molecule has 0 aliphatic carbocycles. The lowest BCUT2D eigenvalue weighted by atomic mass is 10.2. The summed E-state index contributed by atoms with van der Waals surface area (Å²) < 4.78 is 39.6. The minimum absolute atomic E-state index is 0.0500. The molecule has 0 amide bonds. The fourth-order valence-corrected chi connectivity index (χ4v) is 2.58. The van der Waals surface area contributed by atoms with Gasteiger partial charge in [-0.05, 0) is 30.3 Å². The zero-order chi connectivity index (χ0) is 14.8. The lowest BCUT2D eigenvalue weighted by Crippen LogP contribution is -2.17. The van der Waals surface area contributed by atoms with Crippen LogP contribution in [0.4, 0.5) is 15.8 Å². The average molecular weight is 292 g/mol. The number of nitrogens with zero attached hydrogens (tertiary/aromatic N) is 2. The summed E-state index contributed by atoms with van der Waals surface area (Å²) in [5.74, 6) is -0.966. The Morgan fingerprint density at radius 3 is 2.70 bits per heavy atom. The van der Waals surface area contributed by atoms with Crippen molar-refractivity contribution in [1.29, 1.82) is 5.26 Å². The quantitative estimate of drug-likeness (QED) is 0.833. The molecule has 0 saturated heterocycles. The highest BCUT2D eigenvalue weighted by Crippen LogP contribution is 2.23. The van der Waals surface area contributed by atoms with Crippen LogP contribution in [0.3, 0.4) is 0 Å². The molecule has 0 bridgehead atoms. The Balaban J connectivity index is 2.40. The van der Waals surface area contributed by atoms with Gasteiger partial charge in [0.2, 0.25) is 5.03 Å². The van der Waals surface area contributed by atoms with E-state index in [0.29, 0.717) is 0 Å². The number of nitrogens with one attached hydrogen (secondary N) is 1. The van der Waals surface area contributed by atoms with E-state index in [0.717, 1.165) is 6.07 Å². The van der Waals surface area contributed by atoms with E-state index in [2.05, 4.69) is 9.71 Å². The molecule has 0 aliphatic rings. The van der Waals surface area contributed by atoms with Crippen molar-refractivity contribution in [3.63, 3.8) is 0 Å². The van der Waals surface area contributed by atoms with E-state index in [1.54, 1.807) is 0 Å². The lowest BCUT2D eigenvalue weighted by molar-refractivity contribution is 0.557. The normalized spacial score (nSPS) is 10.8. The number of anilines is 2. The van der Waals surface area contributed by atoms with Gasteiger partial charge in [-0.25, -0.2) is 9.37 Å². The number of rotatable bonds is 3. The van der Waals surface area contributed by atoms with Crippen molar-refractivity contribution in [3.05, 3.63) is 47.9 Å². The minimum atomic E-state index is -4.19. The molecule has 0 spiro atoms. The molecule has 0 atom stereocenters. The van der Waals surface area contributed by atoms with E-state index in [1.165, 1.54) is 30.5 Å². The molecule has 0 fully saturated rings. The van der Waals surface area contributed by atoms with Crippen molar-refractivity contribution < 1.29 is 12.8 Å². The number of benzene rings is 1. The van der Waals surface area contributed by atoms with E-state index in [9.17, 15) is 12.8 Å². The third-order valence-corrected chi connectivity index (χ3v) is 3.70. The summed E-state index contributed by atoms with van der Waals surface area (Å²) in [4.78, 5) is 3.49. The molecule has 102 valence electrons. The molecule has 2 rings (SSSR count). The number of aromatic nitrogens is 1. The summed E-state index contributed by atoms with van der Waals surface area (Å²) >= 11 is 0. The molecular formula is C12H9FN4O2S. The first kappa shape index (κ1) is 13.8. The van der Waals surface area contributed by atoms with E-state index in [4.69, 9.17) is 11.0 Å². The van der Waals surface area contributed by atoms with Crippen molar-refractivity contribution in [1.82, 2.24) is 4.98 Å². The number of pyridine rings is 1. The summed E-state index contributed by atoms with van der Waals surface area (Å²) in [7, 11) is -4.19. The summed E-state index contributed by atoms with van der Waals surface area (Å²) in [6, 6.07) is 8.17. The van der Waals surface area contributed by atoms with Gasteiger partial charge >= 0.3 is 0 Å². The van der Waals surface area contributed by atoms with Crippen molar-refractivity contribution in [2.24, 2.45) is 0 Å². The topological polar surface area (TPSA) is 109 Å². The van der Waals surface area contributed by atoms with E-state index >= 15 is 0 Å². The second kappa shape index (κ2) is 5.14. The maximum Gasteiger partial charge on any atom is 0.282 e. The summed E-state index contributed by atoms with van der Waals surface area (Å²) in [6.45, 7) is 0. The zero-order valence-corrected chi connectivity index (χ0v) is 10.9. The first-order valence-electron chi connectivity index (χ1n) is 5.37. The van der Waals surface area contributed by atoms with Crippen LogP contribution in [0.2, 0.25) is 0 Å². The maximum atomic E-state index is 13.5. The van der Waals surface area contributed by atoms with E-state index in [-0.39, 0.29) is 16.9 Å². The Morgan fingerprint density at radius 2 is 2.10 bits per heavy atom. The van der Waals surface area contributed by atoms with Crippen LogP contribution in [-0.4, -0.2) is 13.4 Å². The third-order valence-electron chi connectivity index (χ3n) is 2.40. The van der Waals surface area contributed by atoms with Crippen LogP contribution in [0.1, 0.15) is 5.56 Å². The van der Waals surface area contributed by atoms with Crippen LogP contribution < -0.4 is 10.5 Å². The predicted molar refractivity (Wildman–Crippen MR) is 70.6 cm³/mol. The Morgan fingerprint density at radius 1 is 1.35 bits per heavy atom. The van der Waals surface area contributed by atoms with Crippen LogP contribution in [-0.2, 0) is 10.0 Å². The van der Waals surface area contributed by atoms with Crippen molar-refractivity contribution in [2.45, 2.75) is 5.03 Å². The molecule has 1 heterocycles. The van der Waals surface area contributed by atoms with Crippen molar-refractivity contribution >= 4 is 21.4 Å². The van der Waals surface area contributed by atoms with Crippen LogP contribution >= 0.6 is 0 Å². The summed E-state index contributed by atoms with van der Waals surface area (Å²) in [5.41, 5.74) is 6.02. The Labute approximate surface area is 114 Å². The van der Waals surface area contributed by atoms with Gasteiger partial charge < -0.3 is 5.73 Å². The van der Waals surface area contributed by atoms with Crippen LogP contribution in [0, 0.1) is 17.1 Å². The number of sulfonamides is 1. The largest absolute Gasteiger partial charge is 0.397 e. The van der Waals surface area contributed by atoms with Gasteiger partial charge in [0.15, 0.2) is 5.82 Å². The van der Waals surface area contributed by atoms with Gasteiger partial charge in [0.1, 0.15) is 0 Å². The van der Waals surface area contributed by atoms with Crippen LogP contribution in [0.25, 0.3) is 0 Å². The van der Waals surface area contributed by atoms with Gasteiger partial charge in [-0.1, -0.05) is 0 Å². The second-order valence-electron chi connectivity index (χ2n) is 3.81. The number of nitriles is 1. The van der Waals surface area contributed by atoms with Crippen LogP contribution in [0.5, 0.6) is 0 Å². The molecule has 2 aromatic rings. The summed E-state index contributed by atoms with van der Waals surface area (Å²) in [5, 5.41) is 7.98. The number of nitrogen functional groups attached to an aromatic ring is 1. The molecule has 20 heavy (non-hydrogen) atoms.